The lowest BCUT2D eigenvalue weighted by Gasteiger charge is -2.55. The fourth-order valence-corrected chi connectivity index (χ4v) is 4.74. The van der Waals surface area contributed by atoms with E-state index in [-0.39, 0.29) is 5.41 Å². The minimum atomic E-state index is 0.279. The molecule has 2 aliphatic carbocycles. The van der Waals surface area contributed by atoms with Gasteiger partial charge in [0, 0.05) is 6.04 Å². The highest BCUT2D eigenvalue weighted by molar-refractivity contribution is 5.44. The first-order chi connectivity index (χ1) is 8.67. The van der Waals surface area contributed by atoms with Crippen LogP contribution < -0.4 is 5.32 Å². The summed E-state index contributed by atoms with van der Waals surface area (Å²) in [6.07, 6.45) is 5.14. The maximum absolute atomic E-state index is 9.81. The van der Waals surface area contributed by atoms with Crippen molar-refractivity contribution in [3.8, 4) is 5.75 Å². The van der Waals surface area contributed by atoms with Crippen molar-refractivity contribution in [3.05, 3.63) is 29.3 Å². The van der Waals surface area contributed by atoms with Crippen LogP contribution in [0.5, 0.6) is 5.75 Å². The second-order valence-electron chi connectivity index (χ2n) is 6.72. The van der Waals surface area contributed by atoms with Gasteiger partial charge in [-0.05, 0) is 72.7 Å². The van der Waals surface area contributed by atoms with Crippen molar-refractivity contribution in [2.45, 2.75) is 44.1 Å². The van der Waals surface area contributed by atoms with Gasteiger partial charge >= 0.3 is 0 Å². The highest BCUT2D eigenvalue weighted by atomic mass is 16.3. The van der Waals surface area contributed by atoms with Crippen molar-refractivity contribution in [2.75, 3.05) is 6.54 Å². The zero-order valence-electron chi connectivity index (χ0n) is 10.9. The van der Waals surface area contributed by atoms with E-state index < -0.39 is 0 Å². The van der Waals surface area contributed by atoms with Crippen molar-refractivity contribution in [3.63, 3.8) is 0 Å². The molecule has 0 amide bonds. The van der Waals surface area contributed by atoms with Crippen molar-refractivity contribution >= 4 is 0 Å². The number of hydrogen-bond acceptors (Lipinski definition) is 2. The fourth-order valence-electron chi connectivity index (χ4n) is 4.74. The molecule has 1 aromatic carbocycles. The fraction of sp³-hybridized carbons (Fsp3) is 0.625. The van der Waals surface area contributed by atoms with Crippen molar-refractivity contribution in [1.82, 2.24) is 5.32 Å². The minimum absolute atomic E-state index is 0.279. The average Bonchev–Trinajstić information content (AvgIpc) is 2.38. The van der Waals surface area contributed by atoms with E-state index in [9.17, 15) is 5.11 Å². The summed E-state index contributed by atoms with van der Waals surface area (Å²) in [5.41, 5.74) is 3.15. The minimum Gasteiger partial charge on any atom is -0.508 e. The molecule has 1 aromatic rings. The quantitative estimate of drug-likeness (QED) is 0.734. The summed E-state index contributed by atoms with van der Waals surface area (Å²) < 4.78 is 0. The Labute approximate surface area is 108 Å². The summed E-state index contributed by atoms with van der Waals surface area (Å²) in [6, 6.07) is 6.66. The number of aromatic hydroxyl groups is 1. The van der Waals surface area contributed by atoms with Crippen molar-refractivity contribution < 1.29 is 5.11 Å². The molecule has 4 rings (SSSR count). The van der Waals surface area contributed by atoms with Crippen LogP contribution in [0.3, 0.4) is 0 Å². The van der Waals surface area contributed by atoms with Gasteiger partial charge in [-0.15, -0.1) is 0 Å². The number of rotatable bonds is 0. The van der Waals surface area contributed by atoms with E-state index in [1.165, 1.54) is 36.9 Å². The third kappa shape index (κ3) is 1.33. The summed E-state index contributed by atoms with van der Waals surface area (Å²) in [6.45, 7) is 3.63. The van der Waals surface area contributed by atoms with Gasteiger partial charge in [-0.25, -0.2) is 0 Å². The molecule has 1 saturated carbocycles. The van der Waals surface area contributed by atoms with Crippen LogP contribution >= 0.6 is 0 Å². The summed E-state index contributed by atoms with van der Waals surface area (Å²) >= 11 is 0. The van der Waals surface area contributed by atoms with Crippen LogP contribution in [-0.4, -0.2) is 17.7 Å². The molecule has 2 bridgehead atoms. The molecule has 0 spiro atoms. The number of nitrogens with one attached hydrogen (secondary N) is 1. The molecule has 0 radical (unpaired) electrons. The van der Waals surface area contributed by atoms with E-state index in [1.807, 2.05) is 12.1 Å². The largest absolute Gasteiger partial charge is 0.508 e. The molecule has 2 heteroatoms. The molecular weight excluding hydrogens is 222 g/mol. The molecule has 96 valence electrons. The Morgan fingerprint density at radius 1 is 1.39 bits per heavy atom. The average molecular weight is 243 g/mol. The lowest BCUT2D eigenvalue weighted by atomic mass is 9.53. The van der Waals surface area contributed by atoms with Gasteiger partial charge in [0.05, 0.1) is 0 Å². The third-order valence-electron chi connectivity index (χ3n) is 5.78. The van der Waals surface area contributed by atoms with E-state index in [0.717, 1.165) is 18.3 Å². The zero-order chi connectivity index (χ0) is 12.3. The number of piperidine rings is 1. The van der Waals surface area contributed by atoms with Gasteiger partial charge in [-0.3, -0.25) is 0 Å². The molecular formula is C16H21NO. The molecule has 0 aromatic heterocycles. The van der Waals surface area contributed by atoms with E-state index in [2.05, 4.69) is 18.3 Å². The van der Waals surface area contributed by atoms with Crippen LogP contribution in [0.1, 0.15) is 37.3 Å². The molecule has 1 saturated heterocycles. The number of benzene rings is 1. The predicted octanol–water partition coefficient (Wildman–Crippen LogP) is 2.59. The summed E-state index contributed by atoms with van der Waals surface area (Å²) in [7, 11) is 0. The lowest BCUT2D eigenvalue weighted by Crippen LogP contribution is -2.59. The van der Waals surface area contributed by atoms with Crippen LogP contribution in [0.4, 0.5) is 0 Å². The first kappa shape index (κ1) is 10.9. The summed E-state index contributed by atoms with van der Waals surface area (Å²) in [5.74, 6) is 2.08. The first-order valence-electron chi connectivity index (χ1n) is 7.22. The zero-order valence-corrected chi connectivity index (χ0v) is 10.9. The second-order valence-corrected chi connectivity index (χ2v) is 6.72. The first-order valence-corrected chi connectivity index (χ1v) is 7.22. The molecule has 2 nitrogen and oxygen atoms in total. The van der Waals surface area contributed by atoms with Crippen LogP contribution in [0, 0.1) is 11.8 Å². The van der Waals surface area contributed by atoms with Crippen LogP contribution in [0.2, 0.25) is 0 Å². The number of fused-ring (bicyclic) bond motifs is 3. The molecule has 18 heavy (non-hydrogen) atoms. The standard InChI is InChI=1S/C16H21NO/c1-16-5-4-10-6-14(16)15(17-9-10)7-11-2-3-12(18)8-13(11)16/h2-3,8,10,14-15,17-18H,4-7,9H2,1H3/t10?,14?,15?,16-/m1/s1. The number of phenolic OH excluding ortho intramolecular Hbond substituents is 1. The van der Waals surface area contributed by atoms with Gasteiger partial charge in [0.2, 0.25) is 0 Å². The van der Waals surface area contributed by atoms with E-state index in [0.29, 0.717) is 11.8 Å². The molecule has 1 aliphatic heterocycles. The Balaban J connectivity index is 1.88. The van der Waals surface area contributed by atoms with Crippen LogP contribution in [-0.2, 0) is 11.8 Å². The van der Waals surface area contributed by atoms with E-state index >= 15 is 0 Å². The Hall–Kier alpha value is -1.02. The van der Waals surface area contributed by atoms with Crippen molar-refractivity contribution in [1.29, 1.82) is 0 Å². The Morgan fingerprint density at radius 3 is 3.17 bits per heavy atom. The van der Waals surface area contributed by atoms with Gasteiger partial charge in [0.25, 0.3) is 0 Å². The van der Waals surface area contributed by atoms with Crippen molar-refractivity contribution in [2.24, 2.45) is 11.8 Å². The summed E-state index contributed by atoms with van der Waals surface area (Å²) in [4.78, 5) is 0. The molecule has 2 N–H and O–H groups in total. The number of hydrogen-bond donors (Lipinski definition) is 2. The van der Waals surface area contributed by atoms with Crippen LogP contribution in [0.25, 0.3) is 0 Å². The molecule has 2 fully saturated rings. The molecule has 1 heterocycles. The molecule has 3 aliphatic rings. The van der Waals surface area contributed by atoms with Gasteiger partial charge < -0.3 is 10.4 Å². The third-order valence-corrected chi connectivity index (χ3v) is 5.78. The summed E-state index contributed by atoms with van der Waals surface area (Å²) in [5, 5.41) is 13.6. The Bertz CT molecular complexity index is 498. The Kier molecular flexibility index (Phi) is 2.12. The van der Waals surface area contributed by atoms with Gasteiger partial charge in [-0.1, -0.05) is 13.0 Å². The van der Waals surface area contributed by atoms with E-state index in [4.69, 9.17) is 0 Å². The maximum Gasteiger partial charge on any atom is 0.115 e. The van der Waals surface area contributed by atoms with Gasteiger partial charge in [0.1, 0.15) is 5.75 Å². The molecule has 4 atom stereocenters. The molecule has 3 unspecified atom stereocenters. The van der Waals surface area contributed by atoms with Gasteiger partial charge in [-0.2, -0.15) is 0 Å². The van der Waals surface area contributed by atoms with Gasteiger partial charge in [0.15, 0.2) is 0 Å². The van der Waals surface area contributed by atoms with Crippen LogP contribution in [0.15, 0.2) is 18.2 Å². The maximum atomic E-state index is 9.81. The Morgan fingerprint density at radius 2 is 2.28 bits per heavy atom. The SMILES string of the molecule is C[C@@]12CCC3CNC(Cc4ccc(O)cc41)C2C3. The normalized spacial score (nSPS) is 41.3. The predicted molar refractivity (Wildman–Crippen MR) is 71.8 cm³/mol. The second kappa shape index (κ2) is 3.51. The number of phenols is 1. The smallest absolute Gasteiger partial charge is 0.115 e. The highest BCUT2D eigenvalue weighted by Crippen LogP contribution is 2.53. The lowest BCUT2D eigenvalue weighted by molar-refractivity contribution is 0.0626. The topological polar surface area (TPSA) is 32.3 Å². The van der Waals surface area contributed by atoms with E-state index in [1.54, 1.807) is 0 Å². The highest BCUT2D eigenvalue weighted by Gasteiger charge is 2.50. The monoisotopic (exact) mass is 243 g/mol.